The molecule has 0 N–H and O–H groups in total. The molecule has 0 aliphatic rings. The number of methoxy groups -OCH3 is 1. The van der Waals surface area contributed by atoms with Crippen molar-refractivity contribution in [3.63, 3.8) is 0 Å². The molecule has 0 aliphatic carbocycles. The number of hydrogen-bond acceptors (Lipinski definition) is 1. The first kappa shape index (κ1) is 13.0. The number of benzene rings is 1. The van der Waals surface area contributed by atoms with E-state index in [0.717, 1.165) is 5.75 Å². The maximum Gasteiger partial charge on any atom is 0.126 e. The van der Waals surface area contributed by atoms with Crippen LogP contribution in [-0.2, 0) is 19.5 Å². The number of para-hydroxylation sites is 1. The average molecular weight is 299 g/mol. The molecule has 3 heteroatoms. The molecule has 1 aromatic carbocycles. The van der Waals surface area contributed by atoms with Crippen LogP contribution in [0.5, 0.6) is 5.75 Å². The second kappa shape index (κ2) is 7.48. The number of hydrogen-bond donors (Lipinski definition) is 0. The van der Waals surface area contributed by atoms with E-state index in [1.54, 1.807) is 7.11 Å². The molecule has 1 radical (unpaired) electrons. The smallest absolute Gasteiger partial charge is 0.126 e. The van der Waals surface area contributed by atoms with Crippen molar-refractivity contribution in [3.05, 3.63) is 30.3 Å². The van der Waals surface area contributed by atoms with E-state index in [9.17, 15) is 0 Å². The quantitative estimate of drug-likeness (QED) is 0.453. The maximum absolute atomic E-state index is 4.86. The molecule has 1 aromatic rings. The summed E-state index contributed by atoms with van der Waals surface area (Å²) in [6.45, 7) is 0. The number of rotatable bonds is 1. The maximum atomic E-state index is 4.86. The zero-order chi connectivity index (χ0) is 5.82. The fraction of sp³-hybridized carbons (Fsp3) is 0.143. The second-order valence-corrected chi connectivity index (χ2v) is 1.43. The molecule has 0 heterocycles. The van der Waals surface area contributed by atoms with E-state index in [0.29, 0.717) is 0 Å². The molecule has 0 unspecified atom stereocenters. The number of ether oxygens (including phenoxy) is 1. The van der Waals surface area contributed by atoms with Gasteiger partial charge in [0.25, 0.3) is 0 Å². The first-order valence-corrected chi connectivity index (χ1v) is 2.44. The second-order valence-electron chi connectivity index (χ2n) is 1.43. The third-order valence-corrected chi connectivity index (χ3v) is 0.900. The molecule has 0 amide bonds. The first-order chi connectivity index (χ1) is 3.93. The van der Waals surface area contributed by atoms with E-state index in [1.807, 2.05) is 24.3 Å². The van der Waals surface area contributed by atoms with E-state index in [2.05, 4.69) is 6.07 Å². The molecule has 0 saturated heterocycles. The molecule has 0 spiro atoms. The molecule has 1 nitrogen and oxygen atoms in total. The molecule has 51 valence electrons. The molecule has 0 bridgehead atoms. The summed E-state index contributed by atoms with van der Waals surface area (Å²) in [4.78, 5) is 0. The Morgan fingerprint density at radius 3 is 2.40 bits per heavy atom. The Kier molecular flexibility index (Phi) is 9.72. The Morgan fingerprint density at radius 1 is 1.40 bits per heavy atom. The van der Waals surface area contributed by atoms with E-state index >= 15 is 0 Å². The molecule has 0 atom stereocenters. The summed E-state index contributed by atoms with van der Waals surface area (Å²) in [7, 11) is 1.63. The van der Waals surface area contributed by atoms with Gasteiger partial charge in [0.2, 0.25) is 0 Å². The summed E-state index contributed by atoms with van der Waals surface area (Å²) >= 11 is 0. The molecule has 0 aliphatic heterocycles. The van der Waals surface area contributed by atoms with E-state index < -0.39 is 0 Å². The van der Waals surface area contributed by atoms with E-state index in [4.69, 9.17) is 4.74 Å². The van der Waals surface area contributed by atoms with Gasteiger partial charge >= 0.3 is 0 Å². The Balaban J connectivity index is 0. The minimum Gasteiger partial charge on any atom is -1.00 e. The van der Waals surface area contributed by atoms with Crippen LogP contribution >= 0.6 is 0 Å². The molecular weight excluding hydrogens is 292 g/mol. The molecule has 1 rings (SSSR count). The van der Waals surface area contributed by atoms with Crippen molar-refractivity contribution in [1.29, 1.82) is 0 Å². The summed E-state index contributed by atoms with van der Waals surface area (Å²) in [6.07, 6.45) is 0. The summed E-state index contributed by atoms with van der Waals surface area (Å²) in [5, 5.41) is 0. The predicted molar refractivity (Wildman–Crippen MR) is 31.8 cm³/mol. The van der Waals surface area contributed by atoms with Gasteiger partial charge in [0.15, 0.2) is 0 Å². The van der Waals surface area contributed by atoms with Crippen LogP contribution < -0.4 is 28.7 Å². The largest absolute Gasteiger partial charge is 1.00 e. The van der Waals surface area contributed by atoms with Gasteiger partial charge in [0.05, 0.1) is 7.11 Å². The van der Waals surface area contributed by atoms with Crippen molar-refractivity contribution >= 4 is 0 Å². The van der Waals surface area contributed by atoms with Gasteiger partial charge in [-0.15, -0.1) is 0 Å². The van der Waals surface area contributed by atoms with Gasteiger partial charge in [-0.05, 0) is 6.07 Å². The van der Waals surface area contributed by atoms with Crippen molar-refractivity contribution in [2.75, 3.05) is 7.11 Å². The van der Waals surface area contributed by atoms with Crippen LogP contribution in [0.25, 0.3) is 0 Å². The van der Waals surface area contributed by atoms with Crippen LogP contribution in [0.3, 0.4) is 0 Å². The molecule has 10 heavy (non-hydrogen) atoms. The Labute approximate surface area is 90.9 Å². The monoisotopic (exact) mass is 298 g/mol. The van der Waals surface area contributed by atoms with Gasteiger partial charge in [-0.2, -0.15) is 0 Å². The Hall–Kier alpha value is 0.373. The Bertz CT molecular complexity index is 155. The van der Waals surface area contributed by atoms with Crippen molar-refractivity contribution in [2.24, 2.45) is 0 Å². The van der Waals surface area contributed by atoms with E-state index in [1.165, 1.54) is 0 Å². The van der Waals surface area contributed by atoms with Crippen LogP contribution in [0, 0.1) is 6.07 Å². The molecule has 0 saturated carbocycles. The van der Waals surface area contributed by atoms with Crippen LogP contribution in [0.4, 0.5) is 0 Å². The van der Waals surface area contributed by atoms with Crippen LogP contribution in [0.1, 0.15) is 0 Å². The number of halogens is 1. The third-order valence-electron chi connectivity index (χ3n) is 0.900. The minimum absolute atomic E-state index is 0. The average Bonchev–Trinajstić information content (AvgIpc) is 1.90. The zero-order valence-corrected chi connectivity index (χ0v) is 10.9. The molecule has 0 aromatic heterocycles. The first-order valence-electron chi connectivity index (χ1n) is 2.44. The van der Waals surface area contributed by atoms with Crippen LogP contribution in [-0.4, -0.2) is 7.11 Å². The van der Waals surface area contributed by atoms with E-state index in [-0.39, 0.29) is 43.5 Å². The SMILES string of the molecule is COc1[c]cccc1.[I-].[Zn]. The van der Waals surface area contributed by atoms with Crippen molar-refractivity contribution in [3.8, 4) is 5.75 Å². The fourth-order valence-electron chi connectivity index (χ4n) is 0.504. The van der Waals surface area contributed by atoms with Crippen molar-refractivity contribution in [2.45, 2.75) is 0 Å². The topological polar surface area (TPSA) is 9.23 Å². The summed E-state index contributed by atoms with van der Waals surface area (Å²) < 4.78 is 4.86. The van der Waals surface area contributed by atoms with Gasteiger partial charge in [0.1, 0.15) is 5.75 Å². The van der Waals surface area contributed by atoms with Crippen molar-refractivity contribution in [1.82, 2.24) is 0 Å². The fourth-order valence-corrected chi connectivity index (χ4v) is 0.504. The summed E-state index contributed by atoms with van der Waals surface area (Å²) in [5.41, 5.74) is 0. The summed E-state index contributed by atoms with van der Waals surface area (Å²) in [5.74, 6) is 0.785. The standard InChI is InChI=1S/C7H7O.HI.Zn/c1-8-7-5-3-2-4-6-7;;/h2-5H,1H3;1H;/p-1. The normalized spacial score (nSPS) is 6.90. The minimum atomic E-state index is 0. The van der Waals surface area contributed by atoms with Crippen LogP contribution in [0.15, 0.2) is 24.3 Å². The zero-order valence-electron chi connectivity index (χ0n) is 5.80. The van der Waals surface area contributed by atoms with Gasteiger partial charge in [0, 0.05) is 25.5 Å². The van der Waals surface area contributed by atoms with Gasteiger partial charge in [-0.1, -0.05) is 18.2 Å². The van der Waals surface area contributed by atoms with Crippen molar-refractivity contribution < 1.29 is 48.2 Å². The van der Waals surface area contributed by atoms with Gasteiger partial charge in [-0.3, -0.25) is 0 Å². The molecule has 0 fully saturated rings. The summed E-state index contributed by atoms with van der Waals surface area (Å²) in [6, 6.07) is 10.4. The predicted octanol–water partition coefficient (Wildman–Crippen LogP) is -1.50. The van der Waals surface area contributed by atoms with Gasteiger partial charge in [-0.25, -0.2) is 0 Å². The third kappa shape index (κ3) is 4.23. The van der Waals surface area contributed by atoms with Gasteiger partial charge < -0.3 is 28.7 Å². The molecular formula is C7H7IOZn-. The Morgan fingerprint density at radius 2 is 2.10 bits per heavy atom. The van der Waals surface area contributed by atoms with Crippen LogP contribution in [0.2, 0.25) is 0 Å².